The van der Waals surface area contributed by atoms with E-state index < -0.39 is 10.2 Å². The van der Waals surface area contributed by atoms with Crippen LogP contribution in [0.3, 0.4) is 0 Å². The van der Waals surface area contributed by atoms with Crippen molar-refractivity contribution in [1.29, 1.82) is 0 Å². The zero-order valence-corrected chi connectivity index (χ0v) is 16.7. The molecule has 9 heteroatoms. The van der Waals surface area contributed by atoms with E-state index in [-0.39, 0.29) is 11.7 Å². The molecule has 4 rings (SSSR count). The molecule has 0 spiro atoms. The highest BCUT2D eigenvalue weighted by molar-refractivity contribution is 7.86. The smallest absolute Gasteiger partial charge is 0.282 e. The summed E-state index contributed by atoms with van der Waals surface area (Å²) >= 11 is 0. The van der Waals surface area contributed by atoms with E-state index in [1.54, 1.807) is 20.7 Å². The molecule has 1 aromatic carbocycles. The van der Waals surface area contributed by atoms with Gasteiger partial charge in [0, 0.05) is 31.7 Å². The molecule has 2 aliphatic heterocycles. The van der Waals surface area contributed by atoms with Crippen molar-refractivity contribution in [2.45, 2.75) is 38.5 Å². The molecule has 7 nitrogen and oxygen atoms in total. The third kappa shape index (κ3) is 3.97. The van der Waals surface area contributed by atoms with E-state index >= 15 is 0 Å². The number of hydrogen-bond donors (Lipinski definition) is 0. The topological polar surface area (TPSA) is 79.5 Å². The number of piperidine rings is 2. The first-order chi connectivity index (χ1) is 13.4. The lowest BCUT2D eigenvalue weighted by Gasteiger charge is -2.37. The highest BCUT2D eigenvalue weighted by Crippen LogP contribution is 2.30. The SMILES string of the molecule is CC1CCCN(S(=O)(=O)N2CCCC(c3nc(-c4cccc(F)c4)no3)C2)C1. The van der Waals surface area contributed by atoms with Gasteiger partial charge in [-0.2, -0.15) is 22.0 Å². The molecule has 0 aliphatic carbocycles. The van der Waals surface area contributed by atoms with Crippen LogP contribution in [-0.4, -0.2) is 53.3 Å². The summed E-state index contributed by atoms with van der Waals surface area (Å²) in [7, 11) is -3.48. The quantitative estimate of drug-likeness (QED) is 0.777. The third-order valence-corrected chi connectivity index (χ3v) is 7.50. The molecule has 0 bridgehead atoms. The number of rotatable bonds is 4. The Labute approximate surface area is 164 Å². The molecular weight excluding hydrogens is 383 g/mol. The van der Waals surface area contributed by atoms with E-state index in [1.807, 2.05) is 0 Å². The average molecular weight is 408 g/mol. The van der Waals surface area contributed by atoms with Gasteiger partial charge in [0.15, 0.2) is 0 Å². The molecule has 0 saturated carbocycles. The minimum atomic E-state index is -3.48. The predicted molar refractivity (Wildman–Crippen MR) is 102 cm³/mol. The largest absolute Gasteiger partial charge is 0.339 e. The molecule has 2 unspecified atom stereocenters. The molecule has 28 heavy (non-hydrogen) atoms. The Bertz CT molecular complexity index is 933. The Hall–Kier alpha value is -1.84. The molecule has 2 aliphatic rings. The predicted octanol–water partition coefficient (Wildman–Crippen LogP) is 3.03. The van der Waals surface area contributed by atoms with Crippen LogP contribution >= 0.6 is 0 Å². The average Bonchev–Trinajstić information content (AvgIpc) is 3.18. The van der Waals surface area contributed by atoms with Crippen molar-refractivity contribution in [3.63, 3.8) is 0 Å². The summed E-state index contributed by atoms with van der Waals surface area (Å²) in [6.45, 7) is 4.09. The van der Waals surface area contributed by atoms with Gasteiger partial charge in [0.05, 0.1) is 5.92 Å². The molecule has 0 radical (unpaired) electrons. The van der Waals surface area contributed by atoms with Crippen molar-refractivity contribution in [1.82, 2.24) is 18.8 Å². The van der Waals surface area contributed by atoms with Crippen molar-refractivity contribution in [3.05, 3.63) is 36.0 Å². The Morgan fingerprint density at radius 1 is 1.14 bits per heavy atom. The molecule has 1 aromatic heterocycles. The Balaban J connectivity index is 1.50. The molecule has 2 atom stereocenters. The molecular formula is C19H25FN4O3S. The van der Waals surface area contributed by atoms with Crippen LogP contribution in [0.1, 0.15) is 44.4 Å². The van der Waals surface area contributed by atoms with Crippen molar-refractivity contribution in [3.8, 4) is 11.4 Å². The summed E-state index contributed by atoms with van der Waals surface area (Å²) in [6, 6.07) is 6.02. The lowest BCUT2D eigenvalue weighted by Crippen LogP contribution is -2.50. The first-order valence-corrected chi connectivity index (χ1v) is 11.2. The van der Waals surface area contributed by atoms with Crippen LogP contribution in [0.4, 0.5) is 4.39 Å². The second kappa shape index (κ2) is 7.88. The molecule has 2 aromatic rings. The van der Waals surface area contributed by atoms with Crippen molar-refractivity contribution >= 4 is 10.2 Å². The van der Waals surface area contributed by atoms with E-state index in [2.05, 4.69) is 17.1 Å². The second-order valence-electron chi connectivity index (χ2n) is 7.78. The van der Waals surface area contributed by atoms with Crippen molar-refractivity contribution < 1.29 is 17.3 Å². The normalized spacial score (nSPS) is 25.1. The second-order valence-corrected chi connectivity index (χ2v) is 9.71. The van der Waals surface area contributed by atoms with Gasteiger partial charge in [0.25, 0.3) is 10.2 Å². The molecule has 2 fully saturated rings. The Kier molecular flexibility index (Phi) is 5.48. The molecule has 2 saturated heterocycles. The summed E-state index contributed by atoms with van der Waals surface area (Å²) in [6.07, 6.45) is 3.50. The van der Waals surface area contributed by atoms with Crippen molar-refractivity contribution in [2.24, 2.45) is 5.92 Å². The number of nitrogens with zero attached hydrogens (tertiary/aromatic N) is 4. The highest BCUT2D eigenvalue weighted by Gasteiger charge is 2.37. The van der Waals surface area contributed by atoms with Crippen LogP contribution in [0.25, 0.3) is 11.4 Å². The number of hydrogen-bond acceptors (Lipinski definition) is 5. The van der Waals surface area contributed by atoms with Gasteiger partial charge in [-0.1, -0.05) is 24.2 Å². The first-order valence-electron chi connectivity index (χ1n) is 9.78. The molecule has 3 heterocycles. The van der Waals surface area contributed by atoms with E-state index in [4.69, 9.17) is 4.52 Å². The van der Waals surface area contributed by atoms with E-state index in [9.17, 15) is 12.8 Å². The lowest BCUT2D eigenvalue weighted by molar-refractivity contribution is 0.227. The maximum Gasteiger partial charge on any atom is 0.282 e. The summed E-state index contributed by atoms with van der Waals surface area (Å²) in [4.78, 5) is 4.41. The zero-order valence-electron chi connectivity index (χ0n) is 15.9. The van der Waals surface area contributed by atoms with Crippen molar-refractivity contribution in [2.75, 3.05) is 26.2 Å². The third-order valence-electron chi connectivity index (χ3n) is 5.53. The maximum atomic E-state index is 13.4. The molecule has 152 valence electrons. The van der Waals surface area contributed by atoms with Crippen LogP contribution in [0.15, 0.2) is 28.8 Å². The zero-order chi connectivity index (χ0) is 19.7. The summed E-state index contributed by atoms with van der Waals surface area (Å²) in [5.74, 6) is 0.592. The fraction of sp³-hybridized carbons (Fsp3) is 0.579. The van der Waals surface area contributed by atoms with Crippen LogP contribution in [0, 0.1) is 11.7 Å². The van der Waals surface area contributed by atoms with Gasteiger partial charge in [-0.05, 0) is 43.7 Å². The van der Waals surface area contributed by atoms with Gasteiger partial charge >= 0.3 is 0 Å². The minimum absolute atomic E-state index is 0.152. The van der Waals surface area contributed by atoms with Crippen LogP contribution < -0.4 is 0 Å². The highest BCUT2D eigenvalue weighted by atomic mass is 32.2. The molecule has 0 amide bonds. The fourth-order valence-electron chi connectivity index (χ4n) is 4.02. The molecule has 0 N–H and O–H groups in total. The van der Waals surface area contributed by atoms with Crippen LogP contribution in [-0.2, 0) is 10.2 Å². The standard InChI is InChI=1S/C19H25FN4O3S/c1-14-5-3-9-23(12-14)28(25,26)24-10-4-7-16(13-24)19-21-18(22-27-19)15-6-2-8-17(20)11-15/h2,6,8,11,14,16H,3-5,7,9-10,12-13H2,1H3. The van der Waals surface area contributed by atoms with Gasteiger partial charge in [0.1, 0.15) is 5.82 Å². The van der Waals surface area contributed by atoms with Gasteiger partial charge in [-0.15, -0.1) is 0 Å². The van der Waals surface area contributed by atoms with E-state index in [0.717, 1.165) is 25.7 Å². The van der Waals surface area contributed by atoms with E-state index in [0.29, 0.717) is 49.4 Å². The van der Waals surface area contributed by atoms with Gasteiger partial charge in [-0.3, -0.25) is 0 Å². The van der Waals surface area contributed by atoms with E-state index in [1.165, 1.54) is 12.1 Å². The van der Waals surface area contributed by atoms with Gasteiger partial charge in [0.2, 0.25) is 11.7 Å². The van der Waals surface area contributed by atoms with Gasteiger partial charge in [-0.25, -0.2) is 4.39 Å². The monoisotopic (exact) mass is 408 g/mol. The Morgan fingerprint density at radius 3 is 2.64 bits per heavy atom. The number of benzene rings is 1. The van der Waals surface area contributed by atoms with Crippen LogP contribution in [0.5, 0.6) is 0 Å². The number of halogens is 1. The van der Waals surface area contributed by atoms with Crippen LogP contribution in [0.2, 0.25) is 0 Å². The van der Waals surface area contributed by atoms with Gasteiger partial charge < -0.3 is 4.52 Å². The first kappa shape index (κ1) is 19.5. The lowest BCUT2D eigenvalue weighted by atomic mass is 10.00. The fourth-order valence-corrected chi connectivity index (χ4v) is 5.88. The maximum absolute atomic E-state index is 13.4. The Morgan fingerprint density at radius 2 is 1.89 bits per heavy atom. The summed E-state index contributed by atoms with van der Waals surface area (Å²) in [5.41, 5.74) is 0.539. The minimum Gasteiger partial charge on any atom is -0.339 e. The summed E-state index contributed by atoms with van der Waals surface area (Å²) in [5, 5.41) is 3.96. The summed E-state index contributed by atoms with van der Waals surface area (Å²) < 4.78 is 48.1. The number of aromatic nitrogens is 2.